The molecule has 8 heteroatoms. The van der Waals surface area contributed by atoms with Crippen molar-refractivity contribution < 1.29 is 18.0 Å². The molecule has 2 N–H and O–H groups in total. The predicted octanol–water partition coefficient (Wildman–Crippen LogP) is 3.79. The first-order chi connectivity index (χ1) is 15.3. The standard InChI is InChI=1S/C24H23N3O4S/c1-17-7-9-20(10-8-17)26-32(30,31)22-13-11-19(12-14-22)25-24(29)18-15-23(28)27(16-18)21-5-3-2-4-6-21/h2-14,18,26H,15-16H2,1H3,(H,25,29). The molecule has 1 atom stereocenters. The summed E-state index contributed by atoms with van der Waals surface area (Å²) in [6.07, 6.45) is 0.133. The molecule has 32 heavy (non-hydrogen) atoms. The molecule has 1 saturated heterocycles. The Bertz CT molecular complexity index is 1220. The number of carbonyl (C=O) groups excluding carboxylic acids is 2. The number of para-hydroxylation sites is 1. The molecule has 0 aliphatic carbocycles. The minimum atomic E-state index is -3.75. The lowest BCUT2D eigenvalue weighted by molar-refractivity contribution is -0.122. The molecule has 3 aromatic rings. The van der Waals surface area contributed by atoms with E-state index >= 15 is 0 Å². The van der Waals surface area contributed by atoms with Gasteiger partial charge in [-0.05, 0) is 55.5 Å². The fourth-order valence-corrected chi connectivity index (χ4v) is 4.60. The highest BCUT2D eigenvalue weighted by Gasteiger charge is 2.35. The normalized spacial score (nSPS) is 16.1. The fraction of sp³-hybridized carbons (Fsp3) is 0.167. The van der Waals surface area contributed by atoms with Crippen molar-refractivity contribution >= 4 is 38.9 Å². The van der Waals surface area contributed by atoms with Gasteiger partial charge in [0, 0.05) is 30.0 Å². The maximum absolute atomic E-state index is 12.7. The molecule has 164 valence electrons. The van der Waals surface area contributed by atoms with Gasteiger partial charge in [0.2, 0.25) is 11.8 Å². The van der Waals surface area contributed by atoms with Gasteiger partial charge in [0.15, 0.2) is 0 Å². The molecular formula is C24H23N3O4S. The molecule has 4 rings (SSSR count). The smallest absolute Gasteiger partial charge is 0.261 e. The van der Waals surface area contributed by atoms with Gasteiger partial charge in [0.25, 0.3) is 10.0 Å². The topological polar surface area (TPSA) is 95.6 Å². The van der Waals surface area contributed by atoms with Crippen molar-refractivity contribution in [1.29, 1.82) is 0 Å². The number of amides is 2. The third-order valence-electron chi connectivity index (χ3n) is 5.30. The monoisotopic (exact) mass is 449 g/mol. The Morgan fingerprint density at radius 3 is 2.19 bits per heavy atom. The average Bonchev–Trinajstić information content (AvgIpc) is 3.18. The Labute approximate surface area is 187 Å². The highest BCUT2D eigenvalue weighted by Crippen LogP contribution is 2.26. The van der Waals surface area contributed by atoms with Crippen LogP contribution in [0.25, 0.3) is 0 Å². The summed E-state index contributed by atoms with van der Waals surface area (Å²) in [5.74, 6) is -0.848. The highest BCUT2D eigenvalue weighted by atomic mass is 32.2. The average molecular weight is 450 g/mol. The first-order valence-electron chi connectivity index (χ1n) is 10.2. The van der Waals surface area contributed by atoms with E-state index in [0.717, 1.165) is 11.3 Å². The van der Waals surface area contributed by atoms with Crippen LogP contribution >= 0.6 is 0 Å². The summed E-state index contributed by atoms with van der Waals surface area (Å²) in [4.78, 5) is 26.7. The van der Waals surface area contributed by atoms with E-state index < -0.39 is 15.9 Å². The molecule has 1 aliphatic rings. The summed E-state index contributed by atoms with van der Waals surface area (Å²) >= 11 is 0. The number of aryl methyl sites for hydroxylation is 1. The number of nitrogens with one attached hydrogen (secondary N) is 2. The number of rotatable bonds is 6. The second-order valence-electron chi connectivity index (χ2n) is 7.73. The van der Waals surface area contributed by atoms with E-state index in [-0.39, 0.29) is 23.1 Å². The lowest BCUT2D eigenvalue weighted by atomic mass is 10.1. The van der Waals surface area contributed by atoms with Crippen molar-refractivity contribution in [2.45, 2.75) is 18.2 Å². The Morgan fingerprint density at radius 2 is 1.53 bits per heavy atom. The van der Waals surface area contributed by atoms with Crippen LogP contribution in [0.4, 0.5) is 17.1 Å². The van der Waals surface area contributed by atoms with Gasteiger partial charge in [-0.2, -0.15) is 0 Å². The molecule has 0 spiro atoms. The van der Waals surface area contributed by atoms with Crippen molar-refractivity contribution in [2.24, 2.45) is 5.92 Å². The zero-order chi connectivity index (χ0) is 22.7. The van der Waals surface area contributed by atoms with Gasteiger partial charge < -0.3 is 10.2 Å². The quantitative estimate of drug-likeness (QED) is 0.599. The van der Waals surface area contributed by atoms with E-state index in [1.807, 2.05) is 49.4 Å². The number of nitrogens with zero attached hydrogens (tertiary/aromatic N) is 1. The van der Waals surface area contributed by atoms with Crippen LogP contribution < -0.4 is 14.9 Å². The van der Waals surface area contributed by atoms with Crippen LogP contribution in [0.3, 0.4) is 0 Å². The molecule has 1 aliphatic heterocycles. The maximum Gasteiger partial charge on any atom is 0.261 e. The van der Waals surface area contributed by atoms with Gasteiger partial charge in [-0.1, -0.05) is 35.9 Å². The first-order valence-corrected chi connectivity index (χ1v) is 11.7. The first kappa shape index (κ1) is 21.6. The van der Waals surface area contributed by atoms with Crippen LogP contribution in [0.15, 0.2) is 83.8 Å². The van der Waals surface area contributed by atoms with Crippen molar-refractivity contribution in [2.75, 3.05) is 21.5 Å². The summed E-state index contributed by atoms with van der Waals surface area (Å²) < 4.78 is 27.7. The summed E-state index contributed by atoms with van der Waals surface area (Å²) in [6.45, 7) is 2.23. The van der Waals surface area contributed by atoms with Crippen molar-refractivity contribution in [3.05, 3.63) is 84.4 Å². The highest BCUT2D eigenvalue weighted by molar-refractivity contribution is 7.92. The number of sulfonamides is 1. The lowest BCUT2D eigenvalue weighted by Gasteiger charge is -2.16. The van der Waals surface area contributed by atoms with Gasteiger partial charge in [-0.15, -0.1) is 0 Å². The molecule has 7 nitrogen and oxygen atoms in total. The SMILES string of the molecule is Cc1ccc(NS(=O)(=O)c2ccc(NC(=O)C3CC(=O)N(c4ccccc4)C3)cc2)cc1. The van der Waals surface area contributed by atoms with E-state index in [2.05, 4.69) is 10.0 Å². The Kier molecular flexibility index (Phi) is 5.96. The van der Waals surface area contributed by atoms with Crippen LogP contribution in [-0.2, 0) is 19.6 Å². The molecule has 1 unspecified atom stereocenters. The summed E-state index contributed by atoms with van der Waals surface area (Å²) in [7, 11) is -3.75. The van der Waals surface area contributed by atoms with E-state index in [0.29, 0.717) is 17.9 Å². The Hall–Kier alpha value is -3.65. The van der Waals surface area contributed by atoms with Gasteiger partial charge in [0.05, 0.1) is 10.8 Å². The molecule has 0 bridgehead atoms. The zero-order valence-electron chi connectivity index (χ0n) is 17.5. The Morgan fingerprint density at radius 1 is 0.906 bits per heavy atom. The molecule has 3 aromatic carbocycles. The van der Waals surface area contributed by atoms with Crippen LogP contribution in [0.5, 0.6) is 0 Å². The van der Waals surface area contributed by atoms with E-state index in [9.17, 15) is 18.0 Å². The van der Waals surface area contributed by atoms with Crippen molar-refractivity contribution in [1.82, 2.24) is 0 Å². The number of hydrogen-bond acceptors (Lipinski definition) is 4. The molecule has 2 amide bonds. The van der Waals surface area contributed by atoms with Gasteiger partial charge >= 0.3 is 0 Å². The number of benzene rings is 3. The van der Waals surface area contributed by atoms with Crippen LogP contribution in [0, 0.1) is 12.8 Å². The summed E-state index contributed by atoms with van der Waals surface area (Å²) in [6, 6.07) is 22.2. The molecule has 1 fully saturated rings. The third-order valence-corrected chi connectivity index (χ3v) is 6.70. The van der Waals surface area contributed by atoms with E-state index in [1.165, 1.54) is 24.3 Å². The molecule has 1 heterocycles. The molecular weight excluding hydrogens is 426 g/mol. The van der Waals surface area contributed by atoms with Gasteiger partial charge in [-0.25, -0.2) is 8.42 Å². The van der Waals surface area contributed by atoms with E-state index in [1.54, 1.807) is 17.0 Å². The van der Waals surface area contributed by atoms with E-state index in [4.69, 9.17) is 0 Å². The van der Waals surface area contributed by atoms with Gasteiger partial charge in [0.1, 0.15) is 0 Å². The molecule has 0 radical (unpaired) electrons. The number of hydrogen-bond donors (Lipinski definition) is 2. The van der Waals surface area contributed by atoms with Crippen molar-refractivity contribution in [3.8, 4) is 0 Å². The van der Waals surface area contributed by atoms with Crippen molar-refractivity contribution in [3.63, 3.8) is 0 Å². The van der Waals surface area contributed by atoms with Crippen LogP contribution in [-0.4, -0.2) is 26.8 Å². The number of anilines is 3. The second-order valence-corrected chi connectivity index (χ2v) is 9.41. The molecule has 0 saturated carbocycles. The minimum Gasteiger partial charge on any atom is -0.326 e. The third kappa shape index (κ3) is 4.81. The summed E-state index contributed by atoms with van der Waals surface area (Å²) in [5.41, 5.74) is 2.74. The van der Waals surface area contributed by atoms with Crippen LogP contribution in [0.1, 0.15) is 12.0 Å². The minimum absolute atomic E-state index is 0.0855. The Balaban J connectivity index is 1.39. The summed E-state index contributed by atoms with van der Waals surface area (Å²) in [5, 5.41) is 2.78. The zero-order valence-corrected chi connectivity index (χ0v) is 18.3. The van der Waals surface area contributed by atoms with Crippen LogP contribution in [0.2, 0.25) is 0 Å². The van der Waals surface area contributed by atoms with Gasteiger partial charge in [-0.3, -0.25) is 14.3 Å². The predicted molar refractivity (Wildman–Crippen MR) is 124 cm³/mol. The largest absolute Gasteiger partial charge is 0.326 e. The molecule has 0 aromatic heterocycles. The maximum atomic E-state index is 12.7. The fourth-order valence-electron chi connectivity index (χ4n) is 3.54. The number of carbonyl (C=O) groups is 2. The lowest BCUT2D eigenvalue weighted by Crippen LogP contribution is -2.28. The second kappa shape index (κ2) is 8.84.